The Bertz CT molecular complexity index is 867. The summed E-state index contributed by atoms with van der Waals surface area (Å²) in [6.07, 6.45) is 2.23. The van der Waals surface area contributed by atoms with Crippen LogP contribution in [0.2, 0.25) is 0 Å². The van der Waals surface area contributed by atoms with Crippen LogP contribution in [-0.4, -0.2) is 24.3 Å². The first-order chi connectivity index (χ1) is 12.9. The molecule has 2 N–H and O–H groups in total. The molecule has 0 bridgehead atoms. The number of para-hydroxylation sites is 1. The molecule has 0 fully saturated rings. The van der Waals surface area contributed by atoms with Crippen molar-refractivity contribution in [2.75, 3.05) is 25.0 Å². The van der Waals surface area contributed by atoms with E-state index in [1.165, 1.54) is 16.6 Å². The first-order valence-corrected chi connectivity index (χ1v) is 9.63. The average Bonchev–Trinajstić information content (AvgIpc) is 3.01. The van der Waals surface area contributed by atoms with Gasteiger partial charge in [0, 0.05) is 41.9 Å². The Morgan fingerprint density at radius 1 is 1.12 bits per heavy atom. The Morgan fingerprint density at radius 3 is 2.81 bits per heavy atom. The molecule has 0 atom stereocenters. The summed E-state index contributed by atoms with van der Waals surface area (Å²) in [6, 6.07) is 17.0. The van der Waals surface area contributed by atoms with Crippen LogP contribution < -0.4 is 15.4 Å². The highest BCUT2D eigenvalue weighted by Crippen LogP contribution is 2.28. The van der Waals surface area contributed by atoms with E-state index >= 15 is 0 Å². The predicted molar refractivity (Wildman–Crippen MR) is 108 cm³/mol. The lowest BCUT2D eigenvalue weighted by Crippen LogP contribution is -2.25. The third-order valence-corrected chi connectivity index (χ3v) is 5.09. The molecule has 1 aliphatic rings. The van der Waals surface area contributed by atoms with Crippen LogP contribution >= 0.6 is 0 Å². The molecule has 4 nitrogen and oxygen atoms in total. The topological polar surface area (TPSA) is 38.2 Å². The fourth-order valence-corrected chi connectivity index (χ4v) is 3.89. The van der Waals surface area contributed by atoms with E-state index in [0.29, 0.717) is 6.61 Å². The summed E-state index contributed by atoms with van der Waals surface area (Å²) in [4.78, 5) is 0. The SMILES string of the molecule is CCOc1ccc(NCCCn2c3c(c4ccccc42)CCNC3)cc1. The van der Waals surface area contributed by atoms with Crippen LogP contribution in [0.25, 0.3) is 10.9 Å². The first kappa shape index (κ1) is 17.0. The molecule has 0 aliphatic carbocycles. The van der Waals surface area contributed by atoms with Gasteiger partial charge in [-0.25, -0.2) is 0 Å². The zero-order valence-corrected chi connectivity index (χ0v) is 15.4. The molecular formula is C22H27N3O. The molecular weight excluding hydrogens is 322 g/mol. The Hall–Kier alpha value is -2.46. The van der Waals surface area contributed by atoms with E-state index in [1.807, 2.05) is 19.1 Å². The van der Waals surface area contributed by atoms with E-state index in [1.54, 1.807) is 5.56 Å². The van der Waals surface area contributed by atoms with Gasteiger partial charge in [-0.15, -0.1) is 0 Å². The van der Waals surface area contributed by atoms with Gasteiger partial charge >= 0.3 is 0 Å². The minimum absolute atomic E-state index is 0.705. The number of aryl methyl sites for hydroxylation is 1. The van der Waals surface area contributed by atoms with E-state index in [9.17, 15) is 0 Å². The molecule has 0 saturated heterocycles. The van der Waals surface area contributed by atoms with Crippen molar-refractivity contribution in [3.63, 3.8) is 0 Å². The summed E-state index contributed by atoms with van der Waals surface area (Å²) in [5.41, 5.74) is 5.54. The van der Waals surface area contributed by atoms with Crippen LogP contribution in [0.3, 0.4) is 0 Å². The number of ether oxygens (including phenoxy) is 1. The molecule has 0 spiro atoms. The lowest BCUT2D eigenvalue weighted by Gasteiger charge is -2.17. The summed E-state index contributed by atoms with van der Waals surface area (Å²) >= 11 is 0. The molecule has 26 heavy (non-hydrogen) atoms. The molecule has 2 aromatic carbocycles. The highest BCUT2D eigenvalue weighted by molar-refractivity contribution is 5.85. The summed E-state index contributed by atoms with van der Waals surface area (Å²) in [5.74, 6) is 0.927. The summed E-state index contributed by atoms with van der Waals surface area (Å²) in [6.45, 7) is 6.78. The van der Waals surface area contributed by atoms with Gasteiger partial charge in [-0.2, -0.15) is 0 Å². The van der Waals surface area contributed by atoms with Gasteiger partial charge in [0.05, 0.1) is 6.61 Å². The van der Waals surface area contributed by atoms with E-state index in [2.05, 4.69) is 51.6 Å². The van der Waals surface area contributed by atoms with Crippen molar-refractivity contribution in [2.45, 2.75) is 32.9 Å². The largest absolute Gasteiger partial charge is 0.494 e. The van der Waals surface area contributed by atoms with Gasteiger partial charge in [0.15, 0.2) is 0 Å². The van der Waals surface area contributed by atoms with Crippen molar-refractivity contribution in [3.8, 4) is 5.75 Å². The Balaban J connectivity index is 1.40. The number of aromatic nitrogens is 1. The molecule has 0 amide bonds. The number of hydrogen-bond acceptors (Lipinski definition) is 3. The number of fused-ring (bicyclic) bond motifs is 3. The second kappa shape index (κ2) is 7.83. The van der Waals surface area contributed by atoms with Crippen molar-refractivity contribution in [1.29, 1.82) is 0 Å². The zero-order valence-electron chi connectivity index (χ0n) is 15.4. The summed E-state index contributed by atoms with van der Waals surface area (Å²) < 4.78 is 8.00. The van der Waals surface area contributed by atoms with Crippen molar-refractivity contribution in [1.82, 2.24) is 9.88 Å². The highest BCUT2D eigenvalue weighted by Gasteiger charge is 2.18. The van der Waals surface area contributed by atoms with Gasteiger partial charge in [-0.3, -0.25) is 0 Å². The Labute approximate surface area is 155 Å². The van der Waals surface area contributed by atoms with Gasteiger partial charge in [-0.1, -0.05) is 18.2 Å². The lowest BCUT2D eigenvalue weighted by molar-refractivity contribution is 0.340. The van der Waals surface area contributed by atoms with Crippen LogP contribution in [0.15, 0.2) is 48.5 Å². The molecule has 0 radical (unpaired) electrons. The normalized spacial score (nSPS) is 13.6. The minimum atomic E-state index is 0.705. The molecule has 3 aromatic rings. The third kappa shape index (κ3) is 3.42. The minimum Gasteiger partial charge on any atom is -0.494 e. The number of benzene rings is 2. The van der Waals surface area contributed by atoms with Gasteiger partial charge in [-0.05, 0) is 62.2 Å². The lowest BCUT2D eigenvalue weighted by atomic mass is 10.1. The standard InChI is InChI=1S/C22H27N3O/c1-2-26-18-10-8-17(9-11-18)24-13-5-15-25-21-7-4-3-6-19(21)20-12-14-23-16-22(20)25/h3-4,6-11,23-24H,2,5,12-16H2,1H3. The molecule has 4 heteroatoms. The van der Waals surface area contributed by atoms with Crippen molar-refractivity contribution >= 4 is 16.6 Å². The maximum absolute atomic E-state index is 5.49. The molecule has 0 unspecified atom stereocenters. The molecule has 4 rings (SSSR count). The number of rotatable bonds is 7. The van der Waals surface area contributed by atoms with Crippen molar-refractivity contribution in [3.05, 3.63) is 59.8 Å². The van der Waals surface area contributed by atoms with Crippen molar-refractivity contribution < 1.29 is 4.74 Å². The fourth-order valence-electron chi connectivity index (χ4n) is 3.89. The number of hydrogen-bond donors (Lipinski definition) is 2. The Morgan fingerprint density at radius 2 is 1.96 bits per heavy atom. The van der Waals surface area contributed by atoms with Crippen LogP contribution in [0.1, 0.15) is 24.6 Å². The maximum atomic E-state index is 5.49. The smallest absolute Gasteiger partial charge is 0.119 e. The second-order valence-electron chi connectivity index (χ2n) is 6.76. The van der Waals surface area contributed by atoms with Crippen LogP contribution in [0, 0.1) is 0 Å². The Kier molecular flexibility index (Phi) is 5.12. The van der Waals surface area contributed by atoms with Crippen LogP contribution in [-0.2, 0) is 19.5 Å². The number of anilines is 1. The van der Waals surface area contributed by atoms with E-state index in [4.69, 9.17) is 4.74 Å². The quantitative estimate of drug-likeness (QED) is 0.628. The van der Waals surface area contributed by atoms with E-state index < -0.39 is 0 Å². The summed E-state index contributed by atoms with van der Waals surface area (Å²) in [7, 11) is 0. The second-order valence-corrected chi connectivity index (χ2v) is 6.76. The average molecular weight is 349 g/mol. The van der Waals surface area contributed by atoms with Crippen LogP contribution in [0.5, 0.6) is 5.75 Å². The highest BCUT2D eigenvalue weighted by atomic mass is 16.5. The van der Waals surface area contributed by atoms with Gasteiger partial charge in [0.2, 0.25) is 0 Å². The maximum Gasteiger partial charge on any atom is 0.119 e. The van der Waals surface area contributed by atoms with Gasteiger partial charge < -0.3 is 19.9 Å². The monoisotopic (exact) mass is 349 g/mol. The van der Waals surface area contributed by atoms with E-state index in [0.717, 1.165) is 50.5 Å². The number of nitrogens with one attached hydrogen (secondary N) is 2. The third-order valence-electron chi connectivity index (χ3n) is 5.09. The number of nitrogens with zero attached hydrogens (tertiary/aromatic N) is 1. The zero-order chi connectivity index (χ0) is 17.8. The molecule has 2 heterocycles. The van der Waals surface area contributed by atoms with Crippen LogP contribution in [0.4, 0.5) is 5.69 Å². The van der Waals surface area contributed by atoms with E-state index in [-0.39, 0.29) is 0 Å². The molecule has 0 saturated carbocycles. The summed E-state index contributed by atoms with van der Waals surface area (Å²) in [5, 5.41) is 8.48. The first-order valence-electron chi connectivity index (χ1n) is 9.63. The molecule has 1 aliphatic heterocycles. The van der Waals surface area contributed by atoms with Gasteiger partial charge in [0.1, 0.15) is 5.75 Å². The predicted octanol–water partition coefficient (Wildman–Crippen LogP) is 4.19. The van der Waals surface area contributed by atoms with Gasteiger partial charge in [0.25, 0.3) is 0 Å². The molecule has 1 aromatic heterocycles. The van der Waals surface area contributed by atoms with Crippen molar-refractivity contribution in [2.24, 2.45) is 0 Å². The fraction of sp³-hybridized carbons (Fsp3) is 0.364. The molecule has 136 valence electrons.